The maximum atomic E-state index is 12.6. The Morgan fingerprint density at radius 1 is 1.39 bits per heavy atom. The van der Waals surface area contributed by atoms with Crippen LogP contribution in [-0.2, 0) is 14.3 Å². The second-order valence-corrected chi connectivity index (χ2v) is 6.91. The fourth-order valence-electron chi connectivity index (χ4n) is 2.43. The van der Waals surface area contributed by atoms with Gasteiger partial charge in [-0.05, 0) is 49.4 Å². The number of benzene rings is 1. The zero-order valence-electron chi connectivity index (χ0n) is 15.5. The topological polar surface area (TPSA) is 82.1 Å². The largest absolute Gasteiger partial charge is 0.490 e. The lowest BCUT2D eigenvalue weighted by Gasteiger charge is -2.18. The van der Waals surface area contributed by atoms with E-state index in [1.165, 1.54) is 20.1 Å². The van der Waals surface area contributed by atoms with E-state index in [9.17, 15) is 14.4 Å². The lowest BCUT2D eigenvalue weighted by atomic mass is 10.1. The minimum absolute atomic E-state index is 0.0173. The van der Waals surface area contributed by atoms with Crippen molar-refractivity contribution in [1.82, 2.24) is 4.90 Å². The highest BCUT2D eigenvalue weighted by atomic mass is 35.5. The Morgan fingerprint density at radius 3 is 2.71 bits per heavy atom. The number of hydrogen-bond acceptors (Lipinski definition) is 7. The molecule has 1 aromatic rings. The summed E-state index contributed by atoms with van der Waals surface area (Å²) in [6, 6.07) is 2.16. The number of nitrogens with zero attached hydrogens (tertiary/aromatic N) is 1. The van der Waals surface area contributed by atoms with E-state index >= 15 is 0 Å². The van der Waals surface area contributed by atoms with Crippen LogP contribution in [-0.4, -0.2) is 48.4 Å². The van der Waals surface area contributed by atoms with Gasteiger partial charge in [0.25, 0.3) is 11.1 Å². The molecule has 0 saturated carbocycles. The summed E-state index contributed by atoms with van der Waals surface area (Å²) >= 11 is 6.99. The van der Waals surface area contributed by atoms with Crippen LogP contribution in [0.25, 0.3) is 6.08 Å². The Labute approximate surface area is 171 Å². The molecule has 1 saturated heterocycles. The van der Waals surface area contributed by atoms with Gasteiger partial charge in [-0.2, -0.15) is 0 Å². The molecular weight excluding hydrogens is 406 g/mol. The van der Waals surface area contributed by atoms with E-state index in [0.29, 0.717) is 23.7 Å². The van der Waals surface area contributed by atoms with Crippen molar-refractivity contribution in [2.75, 3.05) is 20.3 Å². The van der Waals surface area contributed by atoms with Gasteiger partial charge in [0.2, 0.25) is 0 Å². The second kappa shape index (κ2) is 9.53. The number of thioether (sulfide) groups is 1. The minimum atomic E-state index is -1.02. The number of carbonyl (C=O) groups is 3. The van der Waals surface area contributed by atoms with Crippen molar-refractivity contribution in [2.24, 2.45) is 0 Å². The van der Waals surface area contributed by atoms with Gasteiger partial charge in [0.15, 0.2) is 11.5 Å². The average Bonchev–Trinajstić information content (AvgIpc) is 2.93. The molecule has 2 amide bonds. The summed E-state index contributed by atoms with van der Waals surface area (Å²) in [4.78, 5) is 37.5. The van der Waals surface area contributed by atoms with E-state index in [0.717, 1.165) is 16.7 Å². The van der Waals surface area contributed by atoms with Crippen LogP contribution in [0.2, 0.25) is 5.02 Å². The molecule has 1 aromatic carbocycles. The van der Waals surface area contributed by atoms with Gasteiger partial charge in [0.1, 0.15) is 12.6 Å². The van der Waals surface area contributed by atoms with Crippen molar-refractivity contribution < 1.29 is 28.6 Å². The Balaban J connectivity index is 2.37. The molecule has 0 N–H and O–H groups in total. The van der Waals surface area contributed by atoms with Crippen LogP contribution in [0, 0.1) is 12.3 Å². The summed E-state index contributed by atoms with van der Waals surface area (Å²) in [5.41, 5.74) is 0.526. The first-order valence-electron chi connectivity index (χ1n) is 8.21. The second-order valence-electron chi connectivity index (χ2n) is 5.51. The summed E-state index contributed by atoms with van der Waals surface area (Å²) in [6.07, 6.45) is 6.70. The highest BCUT2D eigenvalue weighted by Gasteiger charge is 2.41. The number of rotatable bonds is 7. The van der Waals surface area contributed by atoms with Crippen LogP contribution < -0.4 is 9.47 Å². The zero-order valence-corrected chi connectivity index (χ0v) is 17.1. The van der Waals surface area contributed by atoms with Gasteiger partial charge in [-0.25, -0.2) is 4.79 Å². The van der Waals surface area contributed by atoms with Gasteiger partial charge in [0, 0.05) is 0 Å². The standard InChI is InChI=1S/C19H18ClNO6S/c1-5-7-27-16-13(20)8-12(9-14(16)26-6-2)10-15-17(22)21(19(24)28-15)11(3)18(23)25-4/h1,8-11H,6-7H2,2-4H3/b15-10+/t11-/m0/s1. The first-order valence-corrected chi connectivity index (χ1v) is 9.40. The molecule has 0 aromatic heterocycles. The highest BCUT2D eigenvalue weighted by Crippen LogP contribution is 2.39. The van der Waals surface area contributed by atoms with Crippen LogP contribution in [0.1, 0.15) is 19.4 Å². The number of halogens is 1. The molecule has 1 aliphatic rings. The molecule has 2 rings (SSSR count). The van der Waals surface area contributed by atoms with E-state index in [2.05, 4.69) is 10.7 Å². The minimum Gasteiger partial charge on any atom is -0.490 e. The predicted molar refractivity (Wildman–Crippen MR) is 106 cm³/mol. The van der Waals surface area contributed by atoms with Gasteiger partial charge >= 0.3 is 5.97 Å². The third kappa shape index (κ3) is 4.61. The first kappa shape index (κ1) is 21.7. The van der Waals surface area contributed by atoms with Crippen LogP contribution >= 0.6 is 23.4 Å². The first-order chi connectivity index (χ1) is 13.3. The van der Waals surface area contributed by atoms with Gasteiger partial charge in [-0.1, -0.05) is 17.5 Å². The van der Waals surface area contributed by atoms with Gasteiger partial charge < -0.3 is 14.2 Å². The quantitative estimate of drug-likeness (QED) is 0.378. The Kier molecular flexibility index (Phi) is 7.38. The Bertz CT molecular complexity index is 876. The molecule has 9 heteroatoms. The zero-order chi connectivity index (χ0) is 20.8. The molecule has 1 heterocycles. The normalized spacial score (nSPS) is 16.1. The maximum Gasteiger partial charge on any atom is 0.328 e. The molecular formula is C19H18ClNO6S. The van der Waals surface area contributed by atoms with E-state index in [1.807, 2.05) is 0 Å². The number of ether oxygens (including phenoxy) is 3. The van der Waals surface area contributed by atoms with Gasteiger partial charge in [-0.15, -0.1) is 6.42 Å². The van der Waals surface area contributed by atoms with Crippen LogP contribution in [0.15, 0.2) is 17.0 Å². The molecule has 0 aliphatic carbocycles. The molecule has 7 nitrogen and oxygen atoms in total. The van der Waals surface area contributed by atoms with Gasteiger partial charge in [0.05, 0.1) is 23.6 Å². The summed E-state index contributed by atoms with van der Waals surface area (Å²) in [5.74, 6) is 1.74. The summed E-state index contributed by atoms with van der Waals surface area (Å²) in [7, 11) is 1.19. The van der Waals surface area contributed by atoms with Crippen LogP contribution in [0.3, 0.4) is 0 Å². The number of amides is 2. The average molecular weight is 424 g/mol. The smallest absolute Gasteiger partial charge is 0.328 e. The molecule has 148 valence electrons. The number of esters is 1. The summed E-state index contributed by atoms with van der Waals surface area (Å²) in [6.45, 7) is 3.60. The van der Waals surface area contributed by atoms with E-state index in [-0.39, 0.29) is 16.5 Å². The lowest BCUT2D eigenvalue weighted by Crippen LogP contribution is -2.42. The van der Waals surface area contributed by atoms with Crippen molar-refractivity contribution in [3.05, 3.63) is 27.6 Å². The van der Waals surface area contributed by atoms with E-state index in [4.69, 9.17) is 27.5 Å². The lowest BCUT2D eigenvalue weighted by molar-refractivity contribution is -0.148. The Hall–Kier alpha value is -2.63. The van der Waals surface area contributed by atoms with E-state index < -0.39 is 23.2 Å². The van der Waals surface area contributed by atoms with Crippen molar-refractivity contribution in [1.29, 1.82) is 0 Å². The third-order valence-electron chi connectivity index (χ3n) is 3.68. The van der Waals surface area contributed by atoms with Crippen molar-refractivity contribution in [3.63, 3.8) is 0 Å². The molecule has 0 radical (unpaired) electrons. The number of imide groups is 1. The maximum absolute atomic E-state index is 12.6. The van der Waals surface area contributed by atoms with Crippen LogP contribution in [0.5, 0.6) is 11.5 Å². The Morgan fingerprint density at radius 2 is 2.11 bits per heavy atom. The third-order valence-corrected chi connectivity index (χ3v) is 4.85. The number of hydrogen-bond donors (Lipinski definition) is 0. The number of carbonyl (C=O) groups excluding carboxylic acids is 3. The van der Waals surface area contributed by atoms with Crippen molar-refractivity contribution in [2.45, 2.75) is 19.9 Å². The summed E-state index contributed by atoms with van der Waals surface area (Å²) in [5, 5.41) is -0.311. The molecule has 0 spiro atoms. The van der Waals surface area contributed by atoms with Crippen molar-refractivity contribution in [3.8, 4) is 23.8 Å². The number of methoxy groups -OCH3 is 1. The monoisotopic (exact) mass is 423 g/mol. The fraction of sp³-hybridized carbons (Fsp3) is 0.316. The fourth-order valence-corrected chi connectivity index (χ4v) is 3.61. The van der Waals surface area contributed by atoms with Gasteiger partial charge in [-0.3, -0.25) is 14.5 Å². The molecule has 1 aliphatic heterocycles. The number of terminal acetylenes is 1. The predicted octanol–water partition coefficient (Wildman–Crippen LogP) is 3.35. The van der Waals surface area contributed by atoms with Crippen LogP contribution in [0.4, 0.5) is 4.79 Å². The molecule has 0 unspecified atom stereocenters. The molecule has 1 atom stereocenters. The highest BCUT2D eigenvalue weighted by molar-refractivity contribution is 8.18. The molecule has 1 fully saturated rings. The van der Waals surface area contributed by atoms with E-state index in [1.54, 1.807) is 19.1 Å². The summed E-state index contributed by atoms with van der Waals surface area (Å²) < 4.78 is 15.6. The molecule has 0 bridgehead atoms. The van der Waals surface area contributed by atoms with Crippen molar-refractivity contribution >= 4 is 46.6 Å². The SMILES string of the molecule is C#CCOc1c(Cl)cc(/C=C2/SC(=O)N([C@@H](C)C(=O)OC)C2=O)cc1OCC. The molecule has 28 heavy (non-hydrogen) atoms.